The lowest BCUT2D eigenvalue weighted by Gasteiger charge is -2.12. The molecule has 0 radical (unpaired) electrons. The van der Waals surface area contributed by atoms with Gasteiger partial charge in [0, 0.05) is 6.54 Å². The monoisotopic (exact) mass is 283 g/mol. The molecule has 0 atom stereocenters. The lowest BCUT2D eigenvalue weighted by Crippen LogP contribution is -2.18. The van der Waals surface area contributed by atoms with Crippen LogP contribution in [-0.4, -0.2) is 13.2 Å². The van der Waals surface area contributed by atoms with Gasteiger partial charge in [0.1, 0.15) is 5.75 Å². The molecule has 0 aliphatic carbocycles. The van der Waals surface area contributed by atoms with E-state index in [0.717, 1.165) is 31.9 Å². The minimum atomic E-state index is 0.651. The van der Waals surface area contributed by atoms with E-state index in [2.05, 4.69) is 39.1 Å². The van der Waals surface area contributed by atoms with E-state index in [1.165, 1.54) is 5.56 Å². The minimum Gasteiger partial charge on any atom is -0.492 e. The molecule has 0 saturated carbocycles. The predicted octanol–water partition coefficient (Wildman–Crippen LogP) is 4.51. The van der Waals surface area contributed by atoms with E-state index in [-0.39, 0.29) is 0 Å². The molecule has 0 heterocycles. The molecule has 2 nitrogen and oxygen atoms in total. The van der Waals surface area contributed by atoms with Gasteiger partial charge in [-0.2, -0.15) is 0 Å². The van der Waals surface area contributed by atoms with Crippen LogP contribution in [0.3, 0.4) is 0 Å². The third-order valence-electron chi connectivity index (χ3n) is 2.83. The standard InChI is InChI=1S/C16H26ClNO/c1-12(2)7-8-19-16-6-5-14(9-15(16)17)11-18-10-13(3)4/h5-6,9,12-13,18H,7-8,10-11H2,1-4H3. The van der Waals surface area contributed by atoms with Crippen LogP contribution in [0.25, 0.3) is 0 Å². The number of benzene rings is 1. The van der Waals surface area contributed by atoms with Crippen molar-refractivity contribution in [1.82, 2.24) is 5.32 Å². The van der Waals surface area contributed by atoms with Crippen molar-refractivity contribution in [3.63, 3.8) is 0 Å². The highest BCUT2D eigenvalue weighted by molar-refractivity contribution is 6.32. The molecule has 1 aromatic carbocycles. The topological polar surface area (TPSA) is 21.3 Å². The Hall–Kier alpha value is -0.730. The Kier molecular flexibility index (Phi) is 7.25. The maximum atomic E-state index is 6.23. The molecule has 3 heteroatoms. The Morgan fingerprint density at radius 3 is 2.47 bits per heavy atom. The molecule has 0 unspecified atom stereocenters. The summed E-state index contributed by atoms with van der Waals surface area (Å²) in [5, 5.41) is 4.11. The lowest BCUT2D eigenvalue weighted by molar-refractivity contribution is 0.289. The molecular formula is C16H26ClNO. The molecular weight excluding hydrogens is 258 g/mol. The molecule has 0 bridgehead atoms. The Morgan fingerprint density at radius 1 is 1.16 bits per heavy atom. The minimum absolute atomic E-state index is 0.651. The van der Waals surface area contributed by atoms with Crippen molar-refractivity contribution in [1.29, 1.82) is 0 Å². The Labute approximate surface area is 122 Å². The fourth-order valence-corrected chi connectivity index (χ4v) is 1.94. The SMILES string of the molecule is CC(C)CCOc1ccc(CNCC(C)C)cc1Cl. The third-order valence-corrected chi connectivity index (χ3v) is 3.13. The Morgan fingerprint density at radius 2 is 1.89 bits per heavy atom. The van der Waals surface area contributed by atoms with Crippen LogP contribution in [-0.2, 0) is 6.54 Å². The summed E-state index contributed by atoms with van der Waals surface area (Å²) in [6.07, 6.45) is 1.05. The summed E-state index contributed by atoms with van der Waals surface area (Å²) in [5.74, 6) is 2.10. The molecule has 0 aliphatic heterocycles. The van der Waals surface area contributed by atoms with Crippen molar-refractivity contribution in [2.24, 2.45) is 11.8 Å². The maximum absolute atomic E-state index is 6.23. The van der Waals surface area contributed by atoms with Crippen LogP contribution in [0.1, 0.15) is 39.7 Å². The Bertz CT molecular complexity index is 377. The first-order valence-corrected chi connectivity index (χ1v) is 7.48. The highest BCUT2D eigenvalue weighted by atomic mass is 35.5. The third kappa shape index (κ3) is 6.84. The van der Waals surface area contributed by atoms with Gasteiger partial charge < -0.3 is 10.1 Å². The number of ether oxygens (including phenoxy) is 1. The van der Waals surface area contributed by atoms with E-state index in [4.69, 9.17) is 16.3 Å². The van der Waals surface area contributed by atoms with Gasteiger partial charge in [0.2, 0.25) is 0 Å². The van der Waals surface area contributed by atoms with Gasteiger partial charge in [-0.3, -0.25) is 0 Å². The average Bonchev–Trinajstić information content (AvgIpc) is 2.31. The summed E-state index contributed by atoms with van der Waals surface area (Å²) in [7, 11) is 0. The molecule has 1 aromatic rings. The van der Waals surface area contributed by atoms with Crippen LogP contribution in [0.2, 0.25) is 5.02 Å². The van der Waals surface area contributed by atoms with Crippen LogP contribution in [0.15, 0.2) is 18.2 Å². The fraction of sp³-hybridized carbons (Fsp3) is 0.625. The van der Waals surface area contributed by atoms with Crippen molar-refractivity contribution < 1.29 is 4.74 Å². The van der Waals surface area contributed by atoms with Crippen LogP contribution >= 0.6 is 11.6 Å². The quantitative estimate of drug-likeness (QED) is 0.758. The second-order valence-electron chi connectivity index (χ2n) is 5.82. The predicted molar refractivity (Wildman–Crippen MR) is 82.9 cm³/mol. The zero-order valence-corrected chi connectivity index (χ0v) is 13.3. The van der Waals surface area contributed by atoms with E-state index in [0.29, 0.717) is 16.9 Å². The normalized spacial score (nSPS) is 11.3. The first-order valence-electron chi connectivity index (χ1n) is 7.11. The zero-order valence-electron chi connectivity index (χ0n) is 12.5. The van der Waals surface area contributed by atoms with Crippen molar-refractivity contribution in [3.05, 3.63) is 28.8 Å². The fourth-order valence-electron chi connectivity index (χ4n) is 1.68. The van der Waals surface area contributed by atoms with Gasteiger partial charge in [-0.05, 0) is 42.5 Å². The maximum Gasteiger partial charge on any atom is 0.137 e. The molecule has 1 N–H and O–H groups in total. The van der Waals surface area contributed by atoms with Crippen LogP contribution in [0, 0.1) is 11.8 Å². The van der Waals surface area contributed by atoms with Crippen molar-refractivity contribution in [3.8, 4) is 5.75 Å². The highest BCUT2D eigenvalue weighted by Crippen LogP contribution is 2.25. The van der Waals surface area contributed by atoms with Crippen LogP contribution < -0.4 is 10.1 Å². The van der Waals surface area contributed by atoms with Crippen LogP contribution in [0.4, 0.5) is 0 Å². The molecule has 108 valence electrons. The van der Waals surface area contributed by atoms with E-state index in [1.807, 2.05) is 12.1 Å². The van der Waals surface area contributed by atoms with Gasteiger partial charge in [0.25, 0.3) is 0 Å². The molecule has 19 heavy (non-hydrogen) atoms. The zero-order chi connectivity index (χ0) is 14.3. The smallest absolute Gasteiger partial charge is 0.137 e. The van der Waals surface area contributed by atoms with Gasteiger partial charge >= 0.3 is 0 Å². The average molecular weight is 284 g/mol. The van der Waals surface area contributed by atoms with Crippen LogP contribution in [0.5, 0.6) is 5.75 Å². The largest absolute Gasteiger partial charge is 0.492 e. The summed E-state index contributed by atoms with van der Waals surface area (Å²) < 4.78 is 5.69. The lowest BCUT2D eigenvalue weighted by atomic mass is 10.1. The van der Waals surface area contributed by atoms with Gasteiger partial charge in [0.15, 0.2) is 0 Å². The van der Waals surface area contributed by atoms with Crippen molar-refractivity contribution >= 4 is 11.6 Å². The number of rotatable bonds is 8. The summed E-state index contributed by atoms with van der Waals surface area (Å²) in [5.41, 5.74) is 1.20. The summed E-state index contributed by atoms with van der Waals surface area (Å²) in [4.78, 5) is 0. The molecule has 0 saturated heterocycles. The van der Waals surface area contributed by atoms with Gasteiger partial charge in [-0.25, -0.2) is 0 Å². The first-order chi connectivity index (χ1) is 8.99. The van der Waals surface area contributed by atoms with E-state index in [1.54, 1.807) is 0 Å². The van der Waals surface area contributed by atoms with E-state index < -0.39 is 0 Å². The van der Waals surface area contributed by atoms with Gasteiger partial charge in [-0.1, -0.05) is 45.4 Å². The van der Waals surface area contributed by atoms with E-state index >= 15 is 0 Å². The van der Waals surface area contributed by atoms with Gasteiger partial charge in [-0.15, -0.1) is 0 Å². The summed E-state index contributed by atoms with van der Waals surface area (Å²) in [6, 6.07) is 6.03. The first kappa shape index (κ1) is 16.3. The second-order valence-corrected chi connectivity index (χ2v) is 6.23. The molecule has 0 amide bonds. The Balaban J connectivity index is 2.45. The number of hydrogen-bond acceptors (Lipinski definition) is 2. The van der Waals surface area contributed by atoms with E-state index in [9.17, 15) is 0 Å². The molecule has 0 aromatic heterocycles. The molecule has 1 rings (SSSR count). The summed E-state index contributed by atoms with van der Waals surface area (Å²) in [6.45, 7) is 11.4. The molecule has 0 aliphatic rings. The number of nitrogens with one attached hydrogen (secondary N) is 1. The highest BCUT2D eigenvalue weighted by Gasteiger charge is 2.04. The second kappa shape index (κ2) is 8.44. The van der Waals surface area contributed by atoms with Crippen molar-refractivity contribution in [2.45, 2.75) is 40.7 Å². The van der Waals surface area contributed by atoms with Crippen molar-refractivity contribution in [2.75, 3.05) is 13.2 Å². The number of halogens is 1. The van der Waals surface area contributed by atoms with Gasteiger partial charge in [0.05, 0.1) is 11.6 Å². The summed E-state index contributed by atoms with van der Waals surface area (Å²) >= 11 is 6.23. The molecule has 0 fully saturated rings. The number of hydrogen-bond donors (Lipinski definition) is 1. The molecule has 0 spiro atoms.